The molecule has 0 amide bonds. The summed E-state index contributed by atoms with van der Waals surface area (Å²) in [5, 5.41) is 1.58. The number of pyridine rings is 1. The first-order valence-electron chi connectivity index (χ1n) is 8.34. The molecule has 1 aromatic carbocycles. The zero-order valence-electron chi connectivity index (χ0n) is 13.4. The Hall–Kier alpha value is -1.37. The number of sulfonamides is 1. The van der Waals surface area contributed by atoms with E-state index >= 15 is 0 Å². The minimum Gasteiger partial charge on any atom is -0.355 e. The van der Waals surface area contributed by atoms with Crippen LogP contribution in [-0.2, 0) is 10.0 Å². The van der Waals surface area contributed by atoms with Gasteiger partial charge in [-0.25, -0.2) is 13.4 Å². The molecule has 1 aromatic heterocycles. The number of benzene rings is 1. The van der Waals surface area contributed by atoms with Crippen LogP contribution in [0, 0.1) is 0 Å². The lowest BCUT2D eigenvalue weighted by molar-refractivity contribution is 0.432. The molecule has 2 aliphatic rings. The summed E-state index contributed by atoms with van der Waals surface area (Å²) in [5.41, 5.74) is 0.906. The maximum Gasteiger partial charge on any atom is 0.217 e. The Labute approximate surface area is 147 Å². The van der Waals surface area contributed by atoms with Crippen molar-refractivity contribution in [3.05, 3.63) is 35.4 Å². The topological polar surface area (TPSA) is 53.5 Å². The summed E-state index contributed by atoms with van der Waals surface area (Å²) < 4.78 is 26.5. The van der Waals surface area contributed by atoms with Crippen molar-refractivity contribution in [1.29, 1.82) is 0 Å². The molecule has 128 valence electrons. The van der Waals surface area contributed by atoms with E-state index in [2.05, 4.69) is 4.90 Å². The molecule has 1 saturated heterocycles. The summed E-state index contributed by atoms with van der Waals surface area (Å²) in [6, 6.07) is 9.67. The van der Waals surface area contributed by atoms with E-state index in [1.807, 2.05) is 30.3 Å². The molecule has 2 heterocycles. The normalized spacial score (nSPS) is 20.3. The molecular formula is C17H20ClN3O2S. The zero-order chi connectivity index (χ0) is 16.7. The third-order valence-electron chi connectivity index (χ3n) is 4.72. The molecule has 2 fully saturated rings. The Bertz CT molecular complexity index is 867. The van der Waals surface area contributed by atoms with Gasteiger partial charge in [-0.05, 0) is 49.6 Å². The van der Waals surface area contributed by atoms with Crippen molar-refractivity contribution in [2.45, 2.75) is 24.5 Å². The highest BCUT2D eigenvalue weighted by Crippen LogP contribution is 2.31. The van der Waals surface area contributed by atoms with Crippen LogP contribution in [0.1, 0.15) is 19.3 Å². The first-order chi connectivity index (χ1) is 11.5. The zero-order valence-corrected chi connectivity index (χ0v) is 14.9. The quantitative estimate of drug-likeness (QED) is 0.839. The number of hydrogen-bond donors (Lipinski definition) is 0. The van der Waals surface area contributed by atoms with E-state index in [1.165, 1.54) is 0 Å². The third-order valence-corrected chi connectivity index (χ3v) is 7.35. The van der Waals surface area contributed by atoms with Crippen molar-refractivity contribution >= 4 is 38.3 Å². The average Bonchev–Trinajstić information content (AvgIpc) is 3.41. The van der Waals surface area contributed by atoms with Crippen molar-refractivity contribution in [1.82, 2.24) is 9.29 Å². The molecule has 24 heavy (non-hydrogen) atoms. The minimum absolute atomic E-state index is 0.132. The van der Waals surface area contributed by atoms with Gasteiger partial charge in [-0.2, -0.15) is 4.31 Å². The Morgan fingerprint density at radius 2 is 1.88 bits per heavy atom. The number of halogens is 1. The Morgan fingerprint density at radius 1 is 1.04 bits per heavy atom. The smallest absolute Gasteiger partial charge is 0.217 e. The Morgan fingerprint density at radius 3 is 2.67 bits per heavy atom. The average molecular weight is 366 g/mol. The van der Waals surface area contributed by atoms with Crippen LogP contribution in [0.3, 0.4) is 0 Å². The molecule has 0 N–H and O–H groups in total. The molecule has 0 spiro atoms. The van der Waals surface area contributed by atoms with Crippen LogP contribution in [0.2, 0.25) is 5.02 Å². The summed E-state index contributed by atoms with van der Waals surface area (Å²) in [6.07, 6.45) is 2.46. The second-order valence-electron chi connectivity index (χ2n) is 6.49. The van der Waals surface area contributed by atoms with Crippen molar-refractivity contribution < 1.29 is 8.42 Å². The fraction of sp³-hybridized carbons (Fsp3) is 0.471. The van der Waals surface area contributed by atoms with Gasteiger partial charge in [0.25, 0.3) is 0 Å². The molecule has 1 aliphatic heterocycles. The van der Waals surface area contributed by atoms with E-state index in [9.17, 15) is 8.42 Å². The van der Waals surface area contributed by atoms with Gasteiger partial charge in [0, 0.05) is 36.6 Å². The number of nitrogens with zero attached hydrogens (tertiary/aromatic N) is 3. The lowest BCUT2D eigenvalue weighted by atomic mass is 10.2. The maximum atomic E-state index is 12.4. The molecule has 5 nitrogen and oxygen atoms in total. The van der Waals surface area contributed by atoms with Crippen molar-refractivity contribution in [2.24, 2.45) is 0 Å². The predicted molar refractivity (Wildman–Crippen MR) is 97.1 cm³/mol. The van der Waals surface area contributed by atoms with Gasteiger partial charge in [0.05, 0.1) is 10.8 Å². The molecule has 0 unspecified atom stereocenters. The monoisotopic (exact) mass is 365 g/mol. The first-order valence-corrected chi connectivity index (χ1v) is 10.2. The van der Waals surface area contributed by atoms with Crippen molar-refractivity contribution in [3.8, 4) is 0 Å². The van der Waals surface area contributed by atoms with Gasteiger partial charge in [-0.1, -0.05) is 11.6 Å². The second-order valence-corrected chi connectivity index (χ2v) is 9.14. The molecule has 1 aliphatic carbocycles. The van der Waals surface area contributed by atoms with Crippen LogP contribution in [0.4, 0.5) is 5.82 Å². The highest BCUT2D eigenvalue weighted by Gasteiger charge is 2.40. The Kier molecular flexibility index (Phi) is 4.14. The summed E-state index contributed by atoms with van der Waals surface area (Å²) in [7, 11) is -3.09. The highest BCUT2D eigenvalue weighted by atomic mass is 35.5. The lowest BCUT2D eigenvalue weighted by Gasteiger charge is -2.23. The number of rotatable bonds is 3. The van der Waals surface area contributed by atoms with Gasteiger partial charge in [0.2, 0.25) is 10.0 Å². The van der Waals surface area contributed by atoms with E-state index in [0.29, 0.717) is 24.7 Å². The van der Waals surface area contributed by atoms with E-state index in [-0.39, 0.29) is 5.25 Å². The van der Waals surface area contributed by atoms with Gasteiger partial charge >= 0.3 is 0 Å². The number of hydrogen-bond acceptors (Lipinski definition) is 4. The number of fused-ring (bicyclic) bond motifs is 1. The largest absolute Gasteiger partial charge is 0.355 e. The summed E-state index contributed by atoms with van der Waals surface area (Å²) in [4.78, 5) is 6.89. The Balaban J connectivity index is 1.53. The standard InChI is InChI=1S/C17H20ClN3O2S/c18-14-3-6-16-13(12-14)2-7-17(19-16)20-8-1-9-21(11-10-20)24(22,23)15-4-5-15/h2-3,6-7,12,15H,1,4-5,8-11H2. The predicted octanol–water partition coefficient (Wildman–Crippen LogP) is 2.89. The number of aromatic nitrogens is 1. The van der Waals surface area contributed by atoms with E-state index in [0.717, 1.165) is 42.5 Å². The van der Waals surface area contributed by atoms with Crippen LogP contribution in [0.5, 0.6) is 0 Å². The van der Waals surface area contributed by atoms with Gasteiger partial charge in [-0.15, -0.1) is 0 Å². The van der Waals surface area contributed by atoms with Crippen molar-refractivity contribution in [3.63, 3.8) is 0 Å². The molecular weight excluding hydrogens is 346 g/mol. The van der Waals surface area contributed by atoms with E-state index in [1.54, 1.807) is 4.31 Å². The molecule has 7 heteroatoms. The van der Waals surface area contributed by atoms with Crippen LogP contribution in [0.25, 0.3) is 10.9 Å². The van der Waals surface area contributed by atoms with Crippen LogP contribution >= 0.6 is 11.6 Å². The van der Waals surface area contributed by atoms with E-state index < -0.39 is 10.0 Å². The van der Waals surface area contributed by atoms with Crippen LogP contribution < -0.4 is 4.90 Å². The second kappa shape index (κ2) is 6.17. The van der Waals surface area contributed by atoms with Crippen LogP contribution in [0.15, 0.2) is 30.3 Å². The fourth-order valence-corrected chi connectivity index (χ4v) is 5.27. The molecule has 4 rings (SSSR count). The summed E-state index contributed by atoms with van der Waals surface area (Å²) in [6.45, 7) is 2.65. The first kappa shape index (κ1) is 16.1. The minimum atomic E-state index is -3.09. The fourth-order valence-electron chi connectivity index (χ4n) is 3.22. The van der Waals surface area contributed by atoms with Gasteiger partial charge in [0.15, 0.2) is 0 Å². The number of anilines is 1. The summed E-state index contributed by atoms with van der Waals surface area (Å²) >= 11 is 6.02. The van der Waals surface area contributed by atoms with E-state index in [4.69, 9.17) is 16.6 Å². The van der Waals surface area contributed by atoms with Gasteiger partial charge in [-0.3, -0.25) is 0 Å². The summed E-state index contributed by atoms with van der Waals surface area (Å²) in [5.74, 6) is 0.899. The van der Waals surface area contributed by atoms with Crippen LogP contribution in [-0.4, -0.2) is 49.1 Å². The molecule has 0 bridgehead atoms. The van der Waals surface area contributed by atoms with Crippen molar-refractivity contribution in [2.75, 3.05) is 31.1 Å². The third kappa shape index (κ3) is 3.10. The molecule has 2 aromatic rings. The molecule has 1 saturated carbocycles. The highest BCUT2D eigenvalue weighted by molar-refractivity contribution is 7.90. The van der Waals surface area contributed by atoms with Gasteiger partial charge < -0.3 is 4.90 Å². The van der Waals surface area contributed by atoms with Gasteiger partial charge in [0.1, 0.15) is 5.82 Å². The SMILES string of the molecule is O=S(=O)(C1CC1)N1CCCN(c2ccc3cc(Cl)ccc3n2)CC1. The lowest BCUT2D eigenvalue weighted by Crippen LogP contribution is -2.37. The maximum absolute atomic E-state index is 12.4. The molecule has 0 atom stereocenters. The molecule has 0 radical (unpaired) electrons.